The number of carbonyl (C=O) groups excluding carboxylic acids is 2. The maximum Gasteiger partial charge on any atom is 0.236 e. The van der Waals surface area contributed by atoms with E-state index in [9.17, 15) is 9.59 Å². The standard InChI is InChI=1S/C21H31N3O3/c1-17-5-6-19(18(2)15-17)27-14-7-20(25)24-12-10-22(11-13-24)16-21(26)23-8-3-4-9-23/h5-6,15H,3-4,7-14,16H2,1-2H3. The van der Waals surface area contributed by atoms with E-state index in [-0.39, 0.29) is 11.8 Å². The van der Waals surface area contributed by atoms with Crippen LogP contribution in [0.15, 0.2) is 18.2 Å². The van der Waals surface area contributed by atoms with Crippen LogP contribution in [0.5, 0.6) is 5.75 Å². The van der Waals surface area contributed by atoms with E-state index in [4.69, 9.17) is 4.74 Å². The lowest BCUT2D eigenvalue weighted by Gasteiger charge is -2.35. The van der Waals surface area contributed by atoms with Gasteiger partial charge in [-0.15, -0.1) is 0 Å². The van der Waals surface area contributed by atoms with Crippen molar-refractivity contribution in [3.63, 3.8) is 0 Å². The Hall–Kier alpha value is -2.08. The van der Waals surface area contributed by atoms with Crippen molar-refractivity contribution in [3.8, 4) is 5.75 Å². The van der Waals surface area contributed by atoms with Crippen molar-refractivity contribution in [3.05, 3.63) is 29.3 Å². The minimum atomic E-state index is 0.130. The van der Waals surface area contributed by atoms with Crippen LogP contribution in [-0.2, 0) is 9.59 Å². The first-order chi connectivity index (χ1) is 13.0. The third-order valence-electron chi connectivity index (χ3n) is 5.45. The van der Waals surface area contributed by atoms with Crippen molar-refractivity contribution in [2.45, 2.75) is 33.1 Å². The Morgan fingerprint density at radius 2 is 1.59 bits per heavy atom. The molecule has 6 nitrogen and oxygen atoms in total. The molecule has 0 N–H and O–H groups in total. The van der Waals surface area contributed by atoms with Gasteiger partial charge in [-0.2, -0.15) is 0 Å². The second-order valence-corrected chi connectivity index (χ2v) is 7.61. The number of piperazine rings is 1. The Bertz CT molecular complexity index is 663. The van der Waals surface area contributed by atoms with Crippen LogP contribution in [0.2, 0.25) is 0 Å². The first-order valence-electron chi connectivity index (χ1n) is 10.0. The van der Waals surface area contributed by atoms with Gasteiger partial charge in [-0.1, -0.05) is 17.7 Å². The molecule has 2 aliphatic rings. The van der Waals surface area contributed by atoms with Crippen molar-refractivity contribution in [2.75, 3.05) is 52.4 Å². The molecular weight excluding hydrogens is 342 g/mol. The molecule has 0 aliphatic carbocycles. The molecule has 0 atom stereocenters. The molecule has 0 aromatic heterocycles. The van der Waals surface area contributed by atoms with Gasteiger partial charge in [0.2, 0.25) is 11.8 Å². The number of carbonyl (C=O) groups is 2. The summed E-state index contributed by atoms with van der Waals surface area (Å²) in [5.41, 5.74) is 2.30. The second-order valence-electron chi connectivity index (χ2n) is 7.61. The zero-order valence-electron chi connectivity index (χ0n) is 16.6. The van der Waals surface area contributed by atoms with E-state index in [1.807, 2.05) is 28.9 Å². The summed E-state index contributed by atoms with van der Waals surface area (Å²) < 4.78 is 5.78. The highest BCUT2D eigenvalue weighted by atomic mass is 16.5. The van der Waals surface area contributed by atoms with E-state index in [2.05, 4.69) is 17.9 Å². The summed E-state index contributed by atoms with van der Waals surface area (Å²) in [6, 6.07) is 6.07. The van der Waals surface area contributed by atoms with Gasteiger partial charge in [-0.05, 0) is 38.3 Å². The van der Waals surface area contributed by atoms with E-state index in [0.717, 1.165) is 50.3 Å². The summed E-state index contributed by atoms with van der Waals surface area (Å²) in [5, 5.41) is 0. The van der Waals surface area contributed by atoms with Gasteiger partial charge in [-0.25, -0.2) is 0 Å². The predicted molar refractivity (Wildman–Crippen MR) is 105 cm³/mol. The Morgan fingerprint density at radius 3 is 2.26 bits per heavy atom. The van der Waals surface area contributed by atoms with Crippen LogP contribution in [0.4, 0.5) is 0 Å². The highest BCUT2D eigenvalue weighted by Crippen LogP contribution is 2.19. The average molecular weight is 373 g/mol. The molecule has 0 saturated carbocycles. The fourth-order valence-corrected chi connectivity index (χ4v) is 3.78. The van der Waals surface area contributed by atoms with Crippen LogP contribution >= 0.6 is 0 Å². The predicted octanol–water partition coefficient (Wildman–Crippen LogP) is 1.84. The first-order valence-corrected chi connectivity index (χ1v) is 10.0. The fraction of sp³-hybridized carbons (Fsp3) is 0.619. The lowest BCUT2D eigenvalue weighted by Crippen LogP contribution is -2.51. The minimum absolute atomic E-state index is 0.130. The quantitative estimate of drug-likeness (QED) is 0.764. The molecule has 2 aliphatic heterocycles. The lowest BCUT2D eigenvalue weighted by molar-refractivity contribution is -0.135. The Labute approximate surface area is 162 Å². The molecule has 3 rings (SSSR count). The Kier molecular flexibility index (Phi) is 6.72. The molecule has 2 amide bonds. The largest absolute Gasteiger partial charge is 0.493 e. The molecule has 1 aromatic rings. The van der Waals surface area contributed by atoms with Gasteiger partial charge in [0, 0.05) is 39.3 Å². The van der Waals surface area contributed by atoms with Gasteiger partial charge in [-0.3, -0.25) is 14.5 Å². The van der Waals surface area contributed by atoms with Crippen LogP contribution in [0.1, 0.15) is 30.4 Å². The van der Waals surface area contributed by atoms with Crippen LogP contribution in [0, 0.1) is 13.8 Å². The normalized spacial score (nSPS) is 18.0. The summed E-state index contributed by atoms with van der Waals surface area (Å²) in [6.45, 7) is 9.67. The van der Waals surface area contributed by atoms with E-state index >= 15 is 0 Å². The Morgan fingerprint density at radius 1 is 0.926 bits per heavy atom. The number of likely N-dealkylation sites (tertiary alicyclic amines) is 1. The monoisotopic (exact) mass is 373 g/mol. The molecule has 1 aromatic carbocycles. The lowest BCUT2D eigenvalue weighted by atomic mass is 10.1. The molecule has 0 unspecified atom stereocenters. The number of aryl methyl sites for hydroxylation is 2. The molecule has 2 saturated heterocycles. The van der Waals surface area contributed by atoms with Crippen LogP contribution < -0.4 is 4.74 Å². The average Bonchev–Trinajstić information content (AvgIpc) is 3.19. The van der Waals surface area contributed by atoms with Gasteiger partial charge in [0.25, 0.3) is 0 Å². The zero-order chi connectivity index (χ0) is 19.2. The van der Waals surface area contributed by atoms with Gasteiger partial charge < -0.3 is 14.5 Å². The molecule has 2 heterocycles. The first kappa shape index (κ1) is 19.7. The van der Waals surface area contributed by atoms with Gasteiger partial charge >= 0.3 is 0 Å². The van der Waals surface area contributed by atoms with Crippen molar-refractivity contribution in [1.29, 1.82) is 0 Å². The van der Waals surface area contributed by atoms with Crippen LogP contribution in [0.3, 0.4) is 0 Å². The number of hydrogen-bond donors (Lipinski definition) is 0. The zero-order valence-corrected chi connectivity index (χ0v) is 16.6. The van der Waals surface area contributed by atoms with Gasteiger partial charge in [0.15, 0.2) is 0 Å². The summed E-state index contributed by atoms with van der Waals surface area (Å²) in [6.07, 6.45) is 2.64. The van der Waals surface area contributed by atoms with Gasteiger partial charge in [0.05, 0.1) is 19.6 Å². The van der Waals surface area contributed by atoms with E-state index in [0.29, 0.717) is 32.7 Å². The molecule has 2 fully saturated rings. The number of rotatable bonds is 6. The molecular formula is C21H31N3O3. The van der Waals surface area contributed by atoms with E-state index < -0.39 is 0 Å². The number of nitrogens with zero attached hydrogens (tertiary/aromatic N) is 3. The smallest absolute Gasteiger partial charge is 0.236 e. The summed E-state index contributed by atoms with van der Waals surface area (Å²) >= 11 is 0. The third kappa shape index (κ3) is 5.45. The molecule has 0 spiro atoms. The molecule has 0 bridgehead atoms. The maximum absolute atomic E-state index is 12.4. The van der Waals surface area contributed by atoms with Gasteiger partial charge in [0.1, 0.15) is 5.75 Å². The fourth-order valence-electron chi connectivity index (χ4n) is 3.78. The van der Waals surface area contributed by atoms with E-state index in [1.54, 1.807) is 0 Å². The Balaban J connectivity index is 1.36. The number of amides is 2. The third-order valence-corrected chi connectivity index (χ3v) is 5.45. The highest BCUT2D eigenvalue weighted by Gasteiger charge is 2.25. The number of hydrogen-bond acceptors (Lipinski definition) is 4. The second kappa shape index (κ2) is 9.22. The SMILES string of the molecule is Cc1ccc(OCCC(=O)N2CCN(CC(=O)N3CCCC3)CC2)c(C)c1. The topological polar surface area (TPSA) is 53.1 Å². The summed E-state index contributed by atoms with van der Waals surface area (Å²) in [5.74, 6) is 1.21. The highest BCUT2D eigenvalue weighted by molar-refractivity contribution is 5.79. The molecule has 6 heteroatoms. The van der Waals surface area contributed by atoms with Crippen molar-refractivity contribution >= 4 is 11.8 Å². The van der Waals surface area contributed by atoms with Crippen molar-refractivity contribution in [2.24, 2.45) is 0 Å². The minimum Gasteiger partial charge on any atom is -0.493 e. The number of benzene rings is 1. The van der Waals surface area contributed by atoms with Crippen LogP contribution in [-0.4, -0.2) is 78.9 Å². The van der Waals surface area contributed by atoms with Crippen molar-refractivity contribution in [1.82, 2.24) is 14.7 Å². The number of ether oxygens (including phenoxy) is 1. The van der Waals surface area contributed by atoms with Crippen molar-refractivity contribution < 1.29 is 14.3 Å². The molecule has 148 valence electrons. The maximum atomic E-state index is 12.4. The molecule has 27 heavy (non-hydrogen) atoms. The molecule has 0 radical (unpaired) electrons. The van der Waals surface area contributed by atoms with E-state index in [1.165, 1.54) is 5.56 Å². The summed E-state index contributed by atoms with van der Waals surface area (Å²) in [7, 11) is 0. The van der Waals surface area contributed by atoms with Crippen LogP contribution in [0.25, 0.3) is 0 Å². The summed E-state index contributed by atoms with van der Waals surface area (Å²) in [4.78, 5) is 30.7.